The van der Waals surface area contributed by atoms with Gasteiger partial charge in [-0.3, -0.25) is 10.1 Å². The van der Waals surface area contributed by atoms with Gasteiger partial charge in [-0.25, -0.2) is 0 Å². The summed E-state index contributed by atoms with van der Waals surface area (Å²) >= 11 is 0. The molecule has 0 heterocycles. The molecule has 5 N–H and O–H groups in total. The van der Waals surface area contributed by atoms with Crippen LogP contribution in [0.3, 0.4) is 0 Å². The van der Waals surface area contributed by atoms with E-state index >= 15 is 0 Å². The molecular weight excluding hydrogens is 392 g/mol. The van der Waals surface area contributed by atoms with Gasteiger partial charge in [-0.1, -0.05) is 19.6 Å². The van der Waals surface area contributed by atoms with Crippen LogP contribution in [0.2, 0.25) is 0 Å². The number of hydrogen-bond donors (Lipinski definition) is 4. The Labute approximate surface area is 177 Å². The van der Waals surface area contributed by atoms with Crippen LogP contribution in [0, 0.1) is 10.1 Å². The number of phenolic OH excluding ortho intramolecular Hbond substituents is 2. The monoisotopic (exact) mass is 426 g/mol. The van der Waals surface area contributed by atoms with Gasteiger partial charge in [0.05, 0.1) is 14.2 Å². The number of hydrogen-bond acceptors (Lipinski definition) is 8. The van der Waals surface area contributed by atoms with E-state index in [1.165, 1.54) is 20.3 Å². The van der Waals surface area contributed by atoms with Crippen molar-refractivity contribution in [3.8, 4) is 23.0 Å². The first-order chi connectivity index (χ1) is 13.8. The van der Waals surface area contributed by atoms with Gasteiger partial charge in [0.2, 0.25) is 6.54 Å². The Morgan fingerprint density at radius 2 is 1.37 bits per heavy atom. The number of phenols is 2. The molecule has 0 aliphatic rings. The van der Waals surface area contributed by atoms with Crippen LogP contribution < -0.4 is 15.2 Å². The number of aromatic hydroxyl groups is 2. The van der Waals surface area contributed by atoms with E-state index in [1.807, 2.05) is 6.07 Å². The van der Waals surface area contributed by atoms with Crippen molar-refractivity contribution in [1.29, 1.82) is 0 Å². The average molecular weight is 427 g/mol. The number of ether oxygens (including phenoxy) is 2. The maximum atomic E-state index is 10.1. The molecule has 2 aromatic carbocycles. The summed E-state index contributed by atoms with van der Waals surface area (Å²) in [6, 6.07) is 9.95. The Balaban J connectivity index is 0. The zero-order chi connectivity index (χ0) is 22.2. The lowest BCUT2D eigenvalue weighted by molar-refractivity contribution is -0.479. The van der Waals surface area contributed by atoms with Gasteiger partial charge in [0, 0.05) is 18.0 Å². The second kappa shape index (κ2) is 16.9. The highest BCUT2D eigenvalue weighted by Gasteiger charge is 2.05. The number of nitrogens with two attached hydrogens (primary N) is 1. The molecule has 0 saturated carbocycles. The molecule has 0 radical (unpaired) electrons. The van der Waals surface area contributed by atoms with E-state index < -0.39 is 0 Å². The van der Waals surface area contributed by atoms with Crippen molar-refractivity contribution in [2.45, 2.75) is 27.2 Å². The maximum absolute atomic E-state index is 10.1. The third-order valence-electron chi connectivity index (χ3n) is 3.50. The van der Waals surface area contributed by atoms with Crippen molar-refractivity contribution in [1.82, 2.24) is 0 Å². The molecule has 170 valence electrons. The zero-order valence-electron chi connectivity index (χ0n) is 17.0. The molecule has 0 spiro atoms. The molecule has 0 aromatic heterocycles. The van der Waals surface area contributed by atoms with E-state index in [9.17, 15) is 20.3 Å². The van der Waals surface area contributed by atoms with Crippen LogP contribution in [0.25, 0.3) is 0 Å². The number of aliphatic hydroxyl groups is 1. The molecule has 0 bridgehead atoms. The predicted molar refractivity (Wildman–Crippen MR) is 117 cm³/mol. The van der Waals surface area contributed by atoms with Gasteiger partial charge >= 0.3 is 0 Å². The number of benzene rings is 2. The van der Waals surface area contributed by atoms with Crippen LogP contribution in [0.4, 0.5) is 0 Å². The van der Waals surface area contributed by atoms with Crippen molar-refractivity contribution in [2.75, 3.05) is 33.9 Å². The minimum atomic E-state index is -0.376. The predicted octanol–water partition coefficient (Wildman–Crippen LogP) is 2.76. The third-order valence-corrected chi connectivity index (χ3v) is 3.50. The Hall–Kier alpha value is -3.04. The smallest absolute Gasteiger partial charge is 0.207 e. The van der Waals surface area contributed by atoms with E-state index in [-0.39, 0.29) is 37.0 Å². The summed E-state index contributed by atoms with van der Waals surface area (Å²) in [6.07, 6.45) is 1.14. The Kier molecular flexibility index (Phi) is 16.4. The molecule has 2 aromatic rings. The molecular formula is C21H34N2O7. The Bertz CT molecular complexity index is 739. The van der Waals surface area contributed by atoms with Crippen LogP contribution in [0.15, 0.2) is 36.4 Å². The van der Waals surface area contributed by atoms with E-state index in [0.29, 0.717) is 24.5 Å². The summed E-state index contributed by atoms with van der Waals surface area (Å²) < 4.78 is 9.81. The van der Waals surface area contributed by atoms with Gasteiger partial charge in [-0.15, -0.1) is 0 Å². The summed E-state index contributed by atoms with van der Waals surface area (Å²) in [5, 5.41) is 36.2. The minimum absolute atomic E-state index is 0. The molecule has 9 heteroatoms. The molecule has 0 fully saturated rings. The van der Waals surface area contributed by atoms with Gasteiger partial charge in [0.25, 0.3) is 0 Å². The fraction of sp³-hybridized carbons (Fsp3) is 0.429. The molecule has 9 nitrogen and oxygen atoms in total. The Morgan fingerprint density at radius 1 is 0.967 bits per heavy atom. The molecule has 0 saturated heterocycles. The van der Waals surface area contributed by atoms with Crippen LogP contribution in [-0.4, -0.2) is 54.2 Å². The Morgan fingerprint density at radius 3 is 1.70 bits per heavy atom. The van der Waals surface area contributed by atoms with Crippen LogP contribution >= 0.6 is 0 Å². The molecule has 2 rings (SSSR count). The van der Waals surface area contributed by atoms with Crippen molar-refractivity contribution < 1.29 is 29.7 Å². The molecule has 30 heavy (non-hydrogen) atoms. The molecule has 0 aliphatic heterocycles. The standard InChI is InChI=1S/C9H11NO4.C9H13NO2.C2H6O.CH4/c1-14-9-6-7(2-3-8(9)11)4-5-10(12)13;1-12-9-6-7(4-5-10)2-3-8(9)11;1-2-3;/h2-3,6,11H,4-5H2,1H3;2-3,6,11H,4-5,10H2,1H3;3H,2H2,1H3;1H4. The highest BCUT2D eigenvalue weighted by atomic mass is 16.6. The van der Waals surface area contributed by atoms with Crippen LogP contribution in [-0.2, 0) is 12.8 Å². The molecule has 0 amide bonds. The van der Waals surface area contributed by atoms with Crippen molar-refractivity contribution in [3.05, 3.63) is 57.6 Å². The lowest BCUT2D eigenvalue weighted by atomic mass is 10.1. The number of nitro groups is 1. The molecule has 0 unspecified atom stereocenters. The van der Waals surface area contributed by atoms with Crippen molar-refractivity contribution in [3.63, 3.8) is 0 Å². The van der Waals surface area contributed by atoms with Crippen LogP contribution in [0.5, 0.6) is 23.0 Å². The summed E-state index contributed by atoms with van der Waals surface area (Å²) in [4.78, 5) is 9.74. The van der Waals surface area contributed by atoms with E-state index in [0.717, 1.165) is 17.5 Å². The first-order valence-corrected chi connectivity index (χ1v) is 8.97. The lowest BCUT2D eigenvalue weighted by Crippen LogP contribution is -2.03. The summed E-state index contributed by atoms with van der Waals surface area (Å²) in [7, 11) is 2.97. The highest BCUT2D eigenvalue weighted by molar-refractivity contribution is 5.42. The van der Waals surface area contributed by atoms with Crippen LogP contribution in [0.1, 0.15) is 25.5 Å². The molecule has 0 aliphatic carbocycles. The normalized spacial score (nSPS) is 9.10. The fourth-order valence-corrected chi connectivity index (χ4v) is 2.14. The number of aliphatic hydroxyl groups excluding tert-OH is 1. The van der Waals surface area contributed by atoms with Crippen molar-refractivity contribution in [2.24, 2.45) is 5.73 Å². The van der Waals surface area contributed by atoms with Gasteiger partial charge in [0.15, 0.2) is 23.0 Å². The lowest BCUT2D eigenvalue weighted by Gasteiger charge is -2.05. The summed E-state index contributed by atoms with van der Waals surface area (Å²) in [6.45, 7) is 2.42. The van der Waals surface area contributed by atoms with E-state index in [4.69, 9.17) is 20.3 Å². The summed E-state index contributed by atoms with van der Waals surface area (Å²) in [5.74, 6) is 1.04. The fourth-order valence-electron chi connectivity index (χ4n) is 2.14. The topological polar surface area (TPSA) is 148 Å². The first-order valence-electron chi connectivity index (χ1n) is 8.97. The number of nitrogens with zero attached hydrogens (tertiary/aromatic N) is 1. The zero-order valence-corrected chi connectivity index (χ0v) is 17.0. The van der Waals surface area contributed by atoms with E-state index in [1.54, 1.807) is 31.2 Å². The quantitative estimate of drug-likeness (QED) is 0.390. The van der Waals surface area contributed by atoms with Gasteiger partial charge < -0.3 is 30.5 Å². The number of rotatable bonds is 7. The summed E-state index contributed by atoms with van der Waals surface area (Å²) in [5.41, 5.74) is 7.24. The minimum Gasteiger partial charge on any atom is -0.504 e. The highest BCUT2D eigenvalue weighted by Crippen LogP contribution is 2.27. The first kappa shape index (κ1) is 29.2. The maximum Gasteiger partial charge on any atom is 0.207 e. The second-order valence-corrected chi connectivity index (χ2v) is 5.67. The van der Waals surface area contributed by atoms with Gasteiger partial charge in [-0.05, 0) is 55.3 Å². The van der Waals surface area contributed by atoms with Crippen molar-refractivity contribution >= 4 is 0 Å². The SMILES string of the molecule is C.CCO.COc1cc(CCN)ccc1O.COc1cc(CC[N+](=O)[O-])ccc1O. The molecule has 0 atom stereocenters. The average Bonchev–Trinajstić information content (AvgIpc) is 2.70. The van der Waals surface area contributed by atoms with Gasteiger partial charge in [-0.2, -0.15) is 0 Å². The third kappa shape index (κ3) is 11.7. The van der Waals surface area contributed by atoms with E-state index in [2.05, 4.69) is 0 Å². The second-order valence-electron chi connectivity index (χ2n) is 5.67. The number of methoxy groups -OCH3 is 2. The van der Waals surface area contributed by atoms with Gasteiger partial charge in [0.1, 0.15) is 0 Å². The largest absolute Gasteiger partial charge is 0.504 e.